The predicted octanol–water partition coefficient (Wildman–Crippen LogP) is 1.33. The molecule has 2 rings (SSSR count). The van der Waals surface area contributed by atoms with Crippen molar-refractivity contribution >= 4 is 15.9 Å². The Morgan fingerprint density at radius 1 is 1.38 bits per heavy atom. The number of nitrogens with zero attached hydrogens (tertiary/aromatic N) is 4. The van der Waals surface area contributed by atoms with Gasteiger partial charge in [-0.3, -0.25) is 0 Å². The van der Waals surface area contributed by atoms with E-state index in [4.69, 9.17) is 0 Å². The fourth-order valence-corrected chi connectivity index (χ4v) is 1.45. The molecule has 66 valence electrons. The smallest absolute Gasteiger partial charge is 0.181 e. The number of pyridine rings is 1. The molecule has 5 nitrogen and oxygen atoms in total. The molecule has 0 amide bonds. The molecule has 0 aliphatic rings. The Hall–Kier alpha value is -1.30. The number of H-pyrrole nitrogens is 1. The minimum atomic E-state index is 0.637. The standard InChI is InChI=1S/C7H6BrN5/c1-4-5(2-3-6(8)9-4)7-10-12-13-11-7/h2-3H,1H3,(H,10,11,12,13). The topological polar surface area (TPSA) is 67.3 Å². The van der Waals surface area contributed by atoms with Crippen LogP contribution in [0.1, 0.15) is 5.69 Å². The zero-order chi connectivity index (χ0) is 9.26. The third-order valence-corrected chi connectivity index (χ3v) is 2.09. The summed E-state index contributed by atoms with van der Waals surface area (Å²) in [6.07, 6.45) is 0. The maximum atomic E-state index is 4.23. The number of tetrazole rings is 1. The molecule has 13 heavy (non-hydrogen) atoms. The summed E-state index contributed by atoms with van der Waals surface area (Å²) >= 11 is 3.29. The van der Waals surface area contributed by atoms with E-state index in [1.807, 2.05) is 19.1 Å². The molecule has 0 fully saturated rings. The monoisotopic (exact) mass is 239 g/mol. The van der Waals surface area contributed by atoms with Crippen molar-refractivity contribution in [1.29, 1.82) is 0 Å². The second kappa shape index (κ2) is 3.21. The SMILES string of the molecule is Cc1nc(Br)ccc1-c1nnn[nH]1. The van der Waals surface area contributed by atoms with Crippen molar-refractivity contribution in [2.24, 2.45) is 0 Å². The molecule has 0 saturated carbocycles. The van der Waals surface area contributed by atoms with Crippen molar-refractivity contribution in [2.45, 2.75) is 6.92 Å². The second-order valence-corrected chi connectivity index (χ2v) is 3.33. The summed E-state index contributed by atoms with van der Waals surface area (Å²) in [4.78, 5) is 4.23. The van der Waals surface area contributed by atoms with E-state index in [1.54, 1.807) is 0 Å². The van der Waals surface area contributed by atoms with Gasteiger partial charge in [0.15, 0.2) is 5.82 Å². The van der Waals surface area contributed by atoms with E-state index < -0.39 is 0 Å². The lowest BCUT2D eigenvalue weighted by molar-refractivity contribution is 0.881. The zero-order valence-corrected chi connectivity index (χ0v) is 8.41. The Balaban J connectivity index is 2.53. The minimum Gasteiger partial charge on any atom is -0.245 e. The van der Waals surface area contributed by atoms with E-state index in [2.05, 4.69) is 41.5 Å². The highest BCUT2D eigenvalue weighted by Gasteiger charge is 2.06. The van der Waals surface area contributed by atoms with Crippen molar-refractivity contribution in [3.63, 3.8) is 0 Å². The minimum absolute atomic E-state index is 0.637. The van der Waals surface area contributed by atoms with Crippen molar-refractivity contribution in [3.05, 3.63) is 22.4 Å². The van der Waals surface area contributed by atoms with Gasteiger partial charge in [0.05, 0.1) is 0 Å². The summed E-state index contributed by atoms with van der Waals surface area (Å²) < 4.78 is 0.807. The summed E-state index contributed by atoms with van der Waals surface area (Å²) in [6, 6.07) is 3.76. The fraction of sp³-hybridized carbons (Fsp3) is 0.143. The Morgan fingerprint density at radius 3 is 2.85 bits per heavy atom. The fourth-order valence-electron chi connectivity index (χ4n) is 1.05. The van der Waals surface area contributed by atoms with Gasteiger partial charge in [-0.1, -0.05) is 0 Å². The largest absolute Gasteiger partial charge is 0.245 e. The van der Waals surface area contributed by atoms with Gasteiger partial charge in [0.2, 0.25) is 0 Å². The zero-order valence-electron chi connectivity index (χ0n) is 6.82. The van der Waals surface area contributed by atoms with Gasteiger partial charge in [-0.05, 0) is 45.4 Å². The van der Waals surface area contributed by atoms with Crippen LogP contribution in [0, 0.1) is 6.92 Å². The number of halogens is 1. The van der Waals surface area contributed by atoms with Gasteiger partial charge in [-0.25, -0.2) is 10.1 Å². The number of rotatable bonds is 1. The van der Waals surface area contributed by atoms with Gasteiger partial charge < -0.3 is 0 Å². The molecule has 1 N–H and O–H groups in total. The molecule has 0 aliphatic carbocycles. The lowest BCUT2D eigenvalue weighted by Crippen LogP contribution is -1.89. The highest BCUT2D eigenvalue weighted by molar-refractivity contribution is 9.10. The van der Waals surface area contributed by atoms with Gasteiger partial charge in [0.25, 0.3) is 0 Å². The second-order valence-electron chi connectivity index (χ2n) is 2.52. The van der Waals surface area contributed by atoms with Crippen LogP contribution in [-0.2, 0) is 0 Å². The van der Waals surface area contributed by atoms with Gasteiger partial charge >= 0.3 is 0 Å². The molecule has 0 atom stereocenters. The molecular formula is C7H6BrN5. The third-order valence-electron chi connectivity index (χ3n) is 1.65. The lowest BCUT2D eigenvalue weighted by Gasteiger charge is -1.99. The molecular weight excluding hydrogens is 234 g/mol. The van der Waals surface area contributed by atoms with E-state index in [9.17, 15) is 0 Å². The van der Waals surface area contributed by atoms with E-state index in [0.29, 0.717) is 5.82 Å². The maximum absolute atomic E-state index is 4.23. The first-order valence-electron chi connectivity index (χ1n) is 3.64. The summed E-state index contributed by atoms with van der Waals surface area (Å²) in [5.74, 6) is 0.637. The quantitative estimate of drug-likeness (QED) is 0.763. The van der Waals surface area contributed by atoms with E-state index >= 15 is 0 Å². The van der Waals surface area contributed by atoms with E-state index in [-0.39, 0.29) is 0 Å². The van der Waals surface area contributed by atoms with Crippen LogP contribution in [0.3, 0.4) is 0 Å². The van der Waals surface area contributed by atoms with E-state index in [0.717, 1.165) is 15.9 Å². The highest BCUT2D eigenvalue weighted by Crippen LogP contribution is 2.18. The molecule has 6 heteroatoms. The number of nitrogens with one attached hydrogen (secondary N) is 1. The Kier molecular flexibility index (Phi) is 2.05. The first-order valence-corrected chi connectivity index (χ1v) is 4.44. The van der Waals surface area contributed by atoms with Crippen LogP contribution >= 0.6 is 15.9 Å². The molecule has 0 spiro atoms. The first-order chi connectivity index (χ1) is 6.27. The number of hydrogen-bond donors (Lipinski definition) is 1. The van der Waals surface area contributed by atoms with Crippen molar-refractivity contribution in [3.8, 4) is 11.4 Å². The van der Waals surface area contributed by atoms with Crippen molar-refractivity contribution < 1.29 is 0 Å². The molecule has 0 unspecified atom stereocenters. The number of aromatic nitrogens is 5. The molecule has 2 aromatic rings. The van der Waals surface area contributed by atoms with Crippen LogP contribution in [0.2, 0.25) is 0 Å². The van der Waals surface area contributed by atoms with Crippen LogP contribution in [0.15, 0.2) is 16.7 Å². The summed E-state index contributed by atoms with van der Waals surface area (Å²) in [7, 11) is 0. The molecule has 2 aromatic heterocycles. The van der Waals surface area contributed by atoms with Crippen LogP contribution in [0.4, 0.5) is 0 Å². The van der Waals surface area contributed by atoms with E-state index in [1.165, 1.54) is 0 Å². The van der Waals surface area contributed by atoms with Gasteiger partial charge in [0, 0.05) is 11.3 Å². The van der Waals surface area contributed by atoms with Crippen molar-refractivity contribution in [2.75, 3.05) is 0 Å². The summed E-state index contributed by atoms with van der Waals surface area (Å²) in [5, 5.41) is 13.5. The molecule has 0 aromatic carbocycles. The normalized spacial score (nSPS) is 10.3. The van der Waals surface area contributed by atoms with Gasteiger partial charge in [0.1, 0.15) is 4.60 Å². The van der Waals surface area contributed by atoms with Crippen LogP contribution in [0.25, 0.3) is 11.4 Å². The van der Waals surface area contributed by atoms with Gasteiger partial charge in [-0.2, -0.15) is 0 Å². The molecule has 0 radical (unpaired) electrons. The average molecular weight is 240 g/mol. The molecule has 2 heterocycles. The maximum Gasteiger partial charge on any atom is 0.181 e. The van der Waals surface area contributed by atoms with Crippen molar-refractivity contribution in [1.82, 2.24) is 25.6 Å². The average Bonchev–Trinajstić information content (AvgIpc) is 2.56. The Morgan fingerprint density at radius 2 is 2.23 bits per heavy atom. The van der Waals surface area contributed by atoms with Crippen LogP contribution in [0.5, 0.6) is 0 Å². The molecule has 0 aliphatic heterocycles. The lowest BCUT2D eigenvalue weighted by atomic mass is 10.2. The van der Waals surface area contributed by atoms with Gasteiger partial charge in [-0.15, -0.1) is 5.10 Å². The van der Waals surface area contributed by atoms with Crippen LogP contribution in [-0.4, -0.2) is 25.6 Å². The number of aryl methyl sites for hydroxylation is 1. The predicted molar refractivity (Wildman–Crippen MR) is 49.8 cm³/mol. The first kappa shape index (κ1) is 8.31. The summed E-state index contributed by atoms with van der Waals surface area (Å²) in [5.41, 5.74) is 1.79. The molecule has 0 saturated heterocycles. The third kappa shape index (κ3) is 1.57. The Bertz CT molecular complexity index is 411. The highest BCUT2D eigenvalue weighted by atomic mass is 79.9. The number of hydrogen-bond acceptors (Lipinski definition) is 4. The molecule has 0 bridgehead atoms. The van der Waals surface area contributed by atoms with Crippen LogP contribution < -0.4 is 0 Å². The number of aromatic amines is 1. The summed E-state index contributed by atoms with van der Waals surface area (Å²) in [6.45, 7) is 1.91. The Labute approximate surface area is 82.7 Å².